The molecule has 3 aromatic rings. The zero-order valence-electron chi connectivity index (χ0n) is 18.3. The van der Waals surface area contributed by atoms with Gasteiger partial charge in [-0.25, -0.2) is 0 Å². The zero-order valence-corrected chi connectivity index (χ0v) is 19.1. The second-order valence-electron chi connectivity index (χ2n) is 7.85. The van der Waals surface area contributed by atoms with E-state index in [0.29, 0.717) is 12.4 Å². The zero-order chi connectivity index (χ0) is 23.4. The van der Waals surface area contributed by atoms with Crippen molar-refractivity contribution in [2.75, 3.05) is 6.54 Å². The molecule has 168 valence electrons. The molecule has 2 amide bonds. The monoisotopic (exact) mass is 461 g/mol. The van der Waals surface area contributed by atoms with Gasteiger partial charge in [-0.05, 0) is 71.8 Å². The molecule has 1 fully saturated rings. The smallest absolute Gasteiger partial charge is 0.326 e. The highest BCUT2D eigenvalue weighted by Gasteiger charge is 2.36. The molecule has 0 spiro atoms. The number of hydrogen-bond donors (Lipinski definition) is 0. The second kappa shape index (κ2) is 9.92. The van der Waals surface area contributed by atoms with E-state index in [1.54, 1.807) is 19.9 Å². The van der Waals surface area contributed by atoms with E-state index in [0.717, 1.165) is 27.8 Å². The molecule has 33 heavy (non-hydrogen) atoms. The van der Waals surface area contributed by atoms with Gasteiger partial charge in [0, 0.05) is 0 Å². The van der Waals surface area contributed by atoms with Gasteiger partial charge in [-0.1, -0.05) is 48.5 Å². The number of thioether (sulfide) groups is 1. The Kier molecular flexibility index (Phi) is 6.79. The summed E-state index contributed by atoms with van der Waals surface area (Å²) >= 11 is 0.810. The summed E-state index contributed by atoms with van der Waals surface area (Å²) in [6.45, 7) is 3.47. The van der Waals surface area contributed by atoms with Crippen LogP contribution in [0.4, 0.5) is 4.79 Å². The molecule has 3 aromatic carbocycles. The summed E-state index contributed by atoms with van der Waals surface area (Å²) in [7, 11) is 0. The molecule has 4 rings (SSSR count). The maximum absolute atomic E-state index is 12.5. The van der Waals surface area contributed by atoms with Crippen molar-refractivity contribution in [2.45, 2.75) is 26.6 Å². The lowest BCUT2D eigenvalue weighted by molar-refractivity contribution is -0.149. The Balaban J connectivity index is 1.38. The number of nitrogens with zero attached hydrogens (tertiary/aromatic N) is 1. The summed E-state index contributed by atoms with van der Waals surface area (Å²) in [5.74, 6) is -0.409. The van der Waals surface area contributed by atoms with Gasteiger partial charge in [0.2, 0.25) is 0 Å². The van der Waals surface area contributed by atoms with E-state index in [4.69, 9.17) is 9.47 Å². The Morgan fingerprint density at radius 3 is 2.45 bits per heavy atom. The largest absolute Gasteiger partial charge is 0.489 e. The van der Waals surface area contributed by atoms with Gasteiger partial charge in [0.15, 0.2) is 0 Å². The first-order valence-electron chi connectivity index (χ1n) is 10.5. The van der Waals surface area contributed by atoms with E-state index < -0.39 is 17.1 Å². The summed E-state index contributed by atoms with van der Waals surface area (Å²) < 4.78 is 10.9. The van der Waals surface area contributed by atoms with E-state index in [-0.39, 0.29) is 17.6 Å². The third-order valence-corrected chi connectivity index (χ3v) is 5.83. The molecule has 0 atom stereocenters. The van der Waals surface area contributed by atoms with Crippen molar-refractivity contribution in [3.05, 3.63) is 82.8 Å². The molecular formula is C26H23NO5S. The van der Waals surface area contributed by atoms with Crippen molar-refractivity contribution in [3.63, 3.8) is 0 Å². The lowest BCUT2D eigenvalue weighted by Crippen LogP contribution is -2.35. The fourth-order valence-electron chi connectivity index (χ4n) is 3.37. The Labute approximate surface area is 196 Å². The van der Waals surface area contributed by atoms with E-state index in [2.05, 4.69) is 24.3 Å². The maximum Gasteiger partial charge on any atom is 0.326 e. The van der Waals surface area contributed by atoms with E-state index in [1.165, 1.54) is 10.8 Å². The lowest BCUT2D eigenvalue weighted by atomic mass is 10.1. The van der Waals surface area contributed by atoms with Crippen LogP contribution < -0.4 is 4.74 Å². The molecule has 1 aliphatic rings. The predicted octanol–water partition coefficient (Wildman–Crippen LogP) is 5.41. The number of ether oxygens (including phenoxy) is 2. The Morgan fingerprint density at radius 2 is 1.73 bits per heavy atom. The number of hydrogen-bond acceptors (Lipinski definition) is 6. The number of carbonyl (C=O) groups is 3. The molecule has 7 heteroatoms. The van der Waals surface area contributed by atoms with E-state index in [1.807, 2.05) is 42.5 Å². The summed E-state index contributed by atoms with van der Waals surface area (Å²) in [6, 6.07) is 21.7. The van der Waals surface area contributed by atoms with Gasteiger partial charge in [-0.3, -0.25) is 19.3 Å². The maximum atomic E-state index is 12.5. The van der Waals surface area contributed by atoms with Crippen LogP contribution in [0, 0.1) is 0 Å². The van der Waals surface area contributed by atoms with Gasteiger partial charge in [0.25, 0.3) is 11.1 Å². The van der Waals surface area contributed by atoms with Crippen molar-refractivity contribution in [1.29, 1.82) is 0 Å². The van der Waals surface area contributed by atoms with Crippen LogP contribution in [0.15, 0.2) is 71.6 Å². The minimum Gasteiger partial charge on any atom is -0.489 e. The summed E-state index contributed by atoms with van der Waals surface area (Å²) in [4.78, 5) is 37.7. The normalized spacial score (nSPS) is 15.0. The van der Waals surface area contributed by atoms with Crippen LogP contribution in [-0.2, 0) is 20.9 Å². The number of esters is 1. The van der Waals surface area contributed by atoms with Crippen molar-refractivity contribution in [3.8, 4) is 5.75 Å². The standard InChI is InChI=1S/C26H23NO5S/c1-17(2)32-24(28)15-27-25(29)23(33-26(27)30)14-18-8-11-22(12-9-18)31-16-19-7-10-20-5-3-4-6-21(20)13-19/h3-14,17H,15-16H2,1-2H3/b23-14-. The molecule has 0 saturated carbocycles. The van der Waals surface area contributed by atoms with Crippen molar-refractivity contribution >= 4 is 45.7 Å². The average molecular weight is 462 g/mol. The first kappa shape index (κ1) is 22.6. The molecule has 0 N–H and O–H groups in total. The van der Waals surface area contributed by atoms with Crippen LogP contribution in [0.2, 0.25) is 0 Å². The third kappa shape index (κ3) is 5.62. The topological polar surface area (TPSA) is 72.9 Å². The molecule has 0 unspecified atom stereocenters. The quantitative estimate of drug-likeness (QED) is 0.346. The Morgan fingerprint density at radius 1 is 1.00 bits per heavy atom. The number of fused-ring (bicyclic) bond motifs is 1. The fourth-order valence-corrected chi connectivity index (χ4v) is 4.21. The highest BCUT2D eigenvalue weighted by Crippen LogP contribution is 2.32. The van der Waals surface area contributed by atoms with Crippen LogP contribution in [-0.4, -0.2) is 34.7 Å². The van der Waals surface area contributed by atoms with Crippen LogP contribution in [0.25, 0.3) is 16.8 Å². The van der Waals surface area contributed by atoms with E-state index in [9.17, 15) is 14.4 Å². The first-order chi connectivity index (χ1) is 15.9. The predicted molar refractivity (Wildman–Crippen MR) is 129 cm³/mol. The number of benzene rings is 3. The van der Waals surface area contributed by atoms with Crippen LogP contribution in [0.5, 0.6) is 5.75 Å². The lowest BCUT2D eigenvalue weighted by Gasteiger charge is -2.13. The van der Waals surface area contributed by atoms with Gasteiger partial charge < -0.3 is 9.47 Å². The minimum atomic E-state index is -0.610. The third-order valence-electron chi connectivity index (χ3n) is 4.93. The van der Waals surface area contributed by atoms with Crippen molar-refractivity contribution in [1.82, 2.24) is 4.90 Å². The molecule has 1 saturated heterocycles. The number of rotatable bonds is 7. The number of imide groups is 1. The number of amides is 2. The van der Waals surface area contributed by atoms with E-state index >= 15 is 0 Å². The van der Waals surface area contributed by atoms with Crippen LogP contribution >= 0.6 is 11.8 Å². The second-order valence-corrected chi connectivity index (χ2v) is 8.84. The minimum absolute atomic E-state index is 0.266. The van der Waals surface area contributed by atoms with Crippen LogP contribution in [0.3, 0.4) is 0 Å². The molecular weight excluding hydrogens is 438 g/mol. The van der Waals surface area contributed by atoms with Gasteiger partial charge in [-0.15, -0.1) is 0 Å². The molecule has 1 heterocycles. The molecule has 0 aromatic heterocycles. The Bertz CT molecular complexity index is 1230. The van der Waals surface area contributed by atoms with Gasteiger partial charge in [0.05, 0.1) is 11.0 Å². The molecule has 6 nitrogen and oxygen atoms in total. The summed E-state index contributed by atoms with van der Waals surface area (Å²) in [5.41, 5.74) is 1.82. The summed E-state index contributed by atoms with van der Waals surface area (Å²) in [6.07, 6.45) is 1.32. The van der Waals surface area contributed by atoms with Crippen molar-refractivity contribution in [2.24, 2.45) is 0 Å². The van der Waals surface area contributed by atoms with Crippen LogP contribution in [0.1, 0.15) is 25.0 Å². The molecule has 1 aliphatic heterocycles. The molecule has 0 radical (unpaired) electrons. The Hall–Kier alpha value is -3.58. The highest BCUT2D eigenvalue weighted by atomic mass is 32.2. The highest BCUT2D eigenvalue weighted by molar-refractivity contribution is 8.18. The average Bonchev–Trinajstić information content (AvgIpc) is 3.05. The van der Waals surface area contributed by atoms with Gasteiger partial charge in [0.1, 0.15) is 18.9 Å². The molecule has 0 aliphatic carbocycles. The SMILES string of the molecule is CC(C)OC(=O)CN1C(=O)S/C(=C\c2ccc(OCc3ccc4ccccc4c3)cc2)C1=O. The van der Waals surface area contributed by atoms with Crippen molar-refractivity contribution < 1.29 is 23.9 Å². The van der Waals surface area contributed by atoms with Gasteiger partial charge >= 0.3 is 5.97 Å². The summed E-state index contributed by atoms with van der Waals surface area (Å²) in [5, 5.41) is 1.87. The first-order valence-corrected chi connectivity index (χ1v) is 11.4. The fraction of sp³-hybridized carbons (Fsp3) is 0.192. The van der Waals surface area contributed by atoms with Gasteiger partial charge in [-0.2, -0.15) is 0 Å². The molecule has 0 bridgehead atoms. The number of carbonyl (C=O) groups excluding carboxylic acids is 3.